The van der Waals surface area contributed by atoms with Gasteiger partial charge in [-0.05, 0) is 36.6 Å². The molecule has 3 rings (SSSR count). The lowest BCUT2D eigenvalue weighted by Gasteiger charge is -2.21. The van der Waals surface area contributed by atoms with E-state index in [1.54, 1.807) is 25.2 Å². The van der Waals surface area contributed by atoms with E-state index in [1.807, 2.05) is 42.6 Å². The minimum absolute atomic E-state index is 0.0525. The predicted molar refractivity (Wildman–Crippen MR) is 107 cm³/mol. The SMILES string of the molecule is Cc1cccc(-n2ccnc2SC(C(=O)N(C)C)c2ccccc2)c1C. The van der Waals surface area contributed by atoms with Crippen LogP contribution < -0.4 is 0 Å². The van der Waals surface area contributed by atoms with Gasteiger partial charge in [0.2, 0.25) is 5.91 Å². The van der Waals surface area contributed by atoms with Crippen molar-refractivity contribution in [3.63, 3.8) is 0 Å². The van der Waals surface area contributed by atoms with Crippen LogP contribution in [0.25, 0.3) is 5.69 Å². The van der Waals surface area contributed by atoms with Crippen LogP contribution >= 0.6 is 11.8 Å². The van der Waals surface area contributed by atoms with Crippen molar-refractivity contribution in [1.29, 1.82) is 0 Å². The van der Waals surface area contributed by atoms with Gasteiger partial charge < -0.3 is 4.90 Å². The number of benzene rings is 2. The summed E-state index contributed by atoms with van der Waals surface area (Å²) < 4.78 is 2.06. The topological polar surface area (TPSA) is 38.1 Å². The van der Waals surface area contributed by atoms with Crippen LogP contribution in [0.3, 0.4) is 0 Å². The number of likely N-dealkylation sites (N-methyl/N-ethyl adjacent to an activating group) is 1. The Morgan fingerprint density at radius 2 is 1.81 bits per heavy atom. The highest BCUT2D eigenvalue weighted by Gasteiger charge is 2.25. The van der Waals surface area contributed by atoms with E-state index in [0.29, 0.717) is 0 Å². The first-order valence-corrected chi connectivity index (χ1v) is 9.39. The van der Waals surface area contributed by atoms with E-state index < -0.39 is 0 Å². The number of rotatable bonds is 5. The van der Waals surface area contributed by atoms with Crippen molar-refractivity contribution in [3.05, 3.63) is 77.6 Å². The largest absolute Gasteiger partial charge is 0.348 e. The molecule has 1 heterocycles. The number of nitrogens with zero attached hydrogens (tertiary/aromatic N) is 3. The lowest BCUT2D eigenvalue weighted by atomic mass is 10.1. The molecule has 0 saturated heterocycles. The van der Waals surface area contributed by atoms with E-state index in [4.69, 9.17) is 0 Å². The lowest BCUT2D eigenvalue weighted by molar-refractivity contribution is -0.128. The molecule has 0 radical (unpaired) electrons. The molecule has 5 heteroatoms. The van der Waals surface area contributed by atoms with Gasteiger partial charge in [0.15, 0.2) is 5.16 Å². The molecule has 1 amide bonds. The van der Waals surface area contributed by atoms with E-state index in [2.05, 4.69) is 35.5 Å². The number of thioether (sulfide) groups is 1. The van der Waals surface area contributed by atoms with Crippen LogP contribution in [0.4, 0.5) is 0 Å². The van der Waals surface area contributed by atoms with Gasteiger partial charge >= 0.3 is 0 Å². The van der Waals surface area contributed by atoms with Gasteiger partial charge in [0.25, 0.3) is 0 Å². The molecule has 2 aromatic carbocycles. The quantitative estimate of drug-likeness (QED) is 0.629. The van der Waals surface area contributed by atoms with Gasteiger partial charge in [-0.2, -0.15) is 0 Å². The molecule has 26 heavy (non-hydrogen) atoms. The molecule has 0 N–H and O–H groups in total. The lowest BCUT2D eigenvalue weighted by Crippen LogP contribution is -2.27. The highest BCUT2D eigenvalue weighted by atomic mass is 32.2. The Morgan fingerprint density at radius 1 is 1.08 bits per heavy atom. The minimum Gasteiger partial charge on any atom is -0.348 e. The Balaban J connectivity index is 2.00. The molecule has 0 spiro atoms. The maximum absolute atomic E-state index is 12.8. The second kappa shape index (κ2) is 7.79. The standard InChI is InChI=1S/C21H23N3OS/c1-15-9-8-12-18(16(15)2)24-14-13-22-21(24)26-19(20(25)23(3)4)17-10-6-5-7-11-17/h5-14,19H,1-4H3. The van der Waals surface area contributed by atoms with E-state index in [-0.39, 0.29) is 11.2 Å². The Hall–Kier alpha value is -2.53. The van der Waals surface area contributed by atoms with Crippen molar-refractivity contribution in [2.24, 2.45) is 0 Å². The minimum atomic E-state index is -0.336. The van der Waals surface area contributed by atoms with Crippen molar-refractivity contribution in [3.8, 4) is 5.69 Å². The van der Waals surface area contributed by atoms with Gasteiger partial charge in [0.05, 0.1) is 5.69 Å². The molecule has 0 fully saturated rings. The molecule has 1 atom stereocenters. The zero-order valence-corrected chi connectivity index (χ0v) is 16.3. The zero-order valence-electron chi connectivity index (χ0n) is 15.5. The van der Waals surface area contributed by atoms with Crippen LogP contribution in [0.1, 0.15) is 21.9 Å². The summed E-state index contributed by atoms with van der Waals surface area (Å²) in [6.45, 7) is 4.21. The van der Waals surface area contributed by atoms with E-state index in [9.17, 15) is 4.79 Å². The molecule has 1 unspecified atom stereocenters. The van der Waals surface area contributed by atoms with Gasteiger partial charge in [-0.3, -0.25) is 9.36 Å². The summed E-state index contributed by atoms with van der Waals surface area (Å²) in [5, 5.41) is 0.472. The molecule has 134 valence electrons. The monoisotopic (exact) mass is 365 g/mol. The maximum atomic E-state index is 12.8. The third-order valence-corrected chi connectivity index (χ3v) is 5.66. The Kier molecular flexibility index (Phi) is 5.47. The first-order chi connectivity index (χ1) is 12.5. The fourth-order valence-electron chi connectivity index (χ4n) is 2.79. The number of aromatic nitrogens is 2. The van der Waals surface area contributed by atoms with Gasteiger partial charge in [-0.25, -0.2) is 4.98 Å². The van der Waals surface area contributed by atoms with Crippen LogP contribution in [-0.4, -0.2) is 34.5 Å². The zero-order chi connectivity index (χ0) is 18.7. The molecule has 0 saturated carbocycles. The van der Waals surface area contributed by atoms with Crippen LogP contribution in [0.15, 0.2) is 66.1 Å². The number of amides is 1. The summed E-state index contributed by atoms with van der Waals surface area (Å²) in [5.74, 6) is 0.0525. The predicted octanol–water partition coefficient (Wildman–Crippen LogP) is 4.41. The summed E-state index contributed by atoms with van der Waals surface area (Å²) in [4.78, 5) is 19.0. The molecule has 3 aromatic rings. The third kappa shape index (κ3) is 3.68. The van der Waals surface area contributed by atoms with Gasteiger partial charge in [0.1, 0.15) is 5.25 Å². The van der Waals surface area contributed by atoms with Crippen molar-refractivity contribution >= 4 is 17.7 Å². The first-order valence-electron chi connectivity index (χ1n) is 8.51. The van der Waals surface area contributed by atoms with Gasteiger partial charge in [-0.15, -0.1) is 0 Å². The third-order valence-electron chi connectivity index (χ3n) is 4.43. The fraction of sp³-hybridized carbons (Fsp3) is 0.238. The molecular weight excluding hydrogens is 342 g/mol. The molecule has 0 bridgehead atoms. The fourth-order valence-corrected chi connectivity index (χ4v) is 4.00. The Labute approximate surface area is 158 Å². The molecular formula is C21H23N3OS. The summed E-state index contributed by atoms with van der Waals surface area (Å²) >= 11 is 1.48. The molecule has 0 aliphatic carbocycles. The summed E-state index contributed by atoms with van der Waals surface area (Å²) in [5.41, 5.74) is 4.51. The van der Waals surface area contributed by atoms with Crippen molar-refractivity contribution in [2.75, 3.05) is 14.1 Å². The summed E-state index contributed by atoms with van der Waals surface area (Å²) in [6, 6.07) is 16.1. The number of hydrogen-bond acceptors (Lipinski definition) is 3. The average Bonchev–Trinajstić information content (AvgIpc) is 3.10. The van der Waals surface area contributed by atoms with Gasteiger partial charge in [-0.1, -0.05) is 54.2 Å². The normalized spacial score (nSPS) is 12.0. The van der Waals surface area contributed by atoms with Crippen LogP contribution in [-0.2, 0) is 4.79 Å². The molecule has 0 aliphatic heterocycles. The van der Waals surface area contributed by atoms with Crippen LogP contribution in [0, 0.1) is 13.8 Å². The van der Waals surface area contributed by atoms with Crippen molar-refractivity contribution < 1.29 is 4.79 Å². The van der Waals surface area contributed by atoms with Gasteiger partial charge in [0, 0.05) is 26.5 Å². The summed E-state index contributed by atoms with van der Waals surface area (Å²) in [6.07, 6.45) is 3.73. The second-order valence-electron chi connectivity index (χ2n) is 6.44. The van der Waals surface area contributed by atoms with E-state index in [0.717, 1.165) is 16.4 Å². The number of carbonyl (C=O) groups excluding carboxylic acids is 1. The second-order valence-corrected chi connectivity index (χ2v) is 7.51. The number of hydrogen-bond donors (Lipinski definition) is 0. The van der Waals surface area contributed by atoms with Crippen LogP contribution in [0.2, 0.25) is 0 Å². The molecule has 4 nitrogen and oxygen atoms in total. The van der Waals surface area contributed by atoms with Crippen molar-refractivity contribution in [1.82, 2.24) is 14.5 Å². The highest BCUT2D eigenvalue weighted by molar-refractivity contribution is 8.00. The number of carbonyl (C=O) groups is 1. The average molecular weight is 366 g/mol. The molecule has 0 aliphatic rings. The van der Waals surface area contributed by atoms with E-state index in [1.165, 1.54) is 22.9 Å². The Morgan fingerprint density at radius 3 is 2.50 bits per heavy atom. The smallest absolute Gasteiger partial charge is 0.240 e. The Bertz CT molecular complexity index is 903. The maximum Gasteiger partial charge on any atom is 0.240 e. The highest BCUT2D eigenvalue weighted by Crippen LogP contribution is 2.37. The number of imidazole rings is 1. The van der Waals surface area contributed by atoms with E-state index >= 15 is 0 Å². The van der Waals surface area contributed by atoms with Crippen molar-refractivity contribution in [2.45, 2.75) is 24.3 Å². The molecule has 1 aromatic heterocycles. The van der Waals surface area contributed by atoms with Crippen LogP contribution in [0.5, 0.6) is 0 Å². The number of aryl methyl sites for hydroxylation is 1. The summed E-state index contributed by atoms with van der Waals surface area (Å²) in [7, 11) is 3.58. The first kappa shape index (κ1) is 18.3.